The van der Waals surface area contributed by atoms with Gasteiger partial charge in [-0.3, -0.25) is 4.79 Å². The van der Waals surface area contributed by atoms with Gasteiger partial charge in [0.25, 0.3) is 0 Å². The van der Waals surface area contributed by atoms with Crippen LogP contribution >= 0.6 is 0 Å². The summed E-state index contributed by atoms with van der Waals surface area (Å²) in [4.78, 5) is 10.9. The van der Waals surface area contributed by atoms with E-state index in [9.17, 15) is 4.79 Å². The number of carboxylic acids is 1. The molecule has 14 nitrogen and oxygen atoms in total. The number of hydrogen-bond donors (Lipinski definition) is 1. The zero-order chi connectivity index (χ0) is 39.0. The van der Waals surface area contributed by atoms with E-state index in [-0.39, 0.29) is 19.3 Å². The van der Waals surface area contributed by atoms with Gasteiger partial charge in [-0.05, 0) is 39.2 Å². The first kappa shape index (κ1) is 50.9. The molecule has 0 amide bonds. The molecule has 1 aliphatic heterocycles. The number of aliphatic carboxylic acids is 1. The summed E-state index contributed by atoms with van der Waals surface area (Å²) >= 11 is 0. The zero-order valence-corrected chi connectivity index (χ0v) is 33.6. The third kappa shape index (κ3) is 23.7. The molecule has 1 N–H and O–H groups in total. The topological polar surface area (TPSA) is 142 Å². The van der Waals surface area contributed by atoms with Gasteiger partial charge in [-0.25, -0.2) is 0 Å². The molecule has 1 aliphatic rings. The second-order valence-corrected chi connectivity index (χ2v) is 13.2. The maximum Gasteiger partial charge on any atom is 0.303 e. The van der Waals surface area contributed by atoms with Crippen LogP contribution in [0.4, 0.5) is 5.69 Å². The van der Waals surface area contributed by atoms with Crippen LogP contribution in [0.2, 0.25) is 0 Å². The van der Waals surface area contributed by atoms with Crippen molar-refractivity contribution in [3.63, 3.8) is 0 Å². The summed E-state index contributed by atoms with van der Waals surface area (Å²) in [5.41, 5.74) is 5.07. The molecule has 0 spiro atoms. The molecule has 0 saturated heterocycles. The third-order valence-corrected chi connectivity index (χ3v) is 9.04. The number of carboxylic acid groups (broad SMARTS) is 1. The third-order valence-electron chi connectivity index (χ3n) is 9.04. The van der Waals surface area contributed by atoms with Gasteiger partial charge >= 0.3 is 5.97 Å². The molecule has 0 saturated carbocycles. The average Bonchev–Trinajstić information content (AvgIpc) is 3.36. The Morgan fingerprint density at radius 2 is 0.964 bits per heavy atom. The molecule has 0 radical (unpaired) electrons. The zero-order valence-electron chi connectivity index (χ0n) is 33.6. The van der Waals surface area contributed by atoms with E-state index in [1.54, 1.807) is 7.11 Å². The average molecular weight is 789 g/mol. The van der Waals surface area contributed by atoms with Gasteiger partial charge in [0.15, 0.2) is 5.71 Å². The van der Waals surface area contributed by atoms with Crippen LogP contribution in [0.25, 0.3) is 0 Å². The SMILES string of the molecule is C.COCCOCCOCCOCCOCCOCCOCCOCCOCCOCCOCCC1(C)C(C)=[N+](CCCCCC(=O)O)c2ccc(C)cc21. The first-order valence-electron chi connectivity index (χ1n) is 19.6. The molecule has 14 heteroatoms. The lowest BCUT2D eigenvalue weighted by Crippen LogP contribution is -2.32. The normalized spacial score (nSPS) is 15.1. The molecule has 2 rings (SSSR count). The Bertz CT molecular complexity index is 1120. The fourth-order valence-electron chi connectivity index (χ4n) is 5.83. The van der Waals surface area contributed by atoms with Crippen molar-refractivity contribution in [3.8, 4) is 0 Å². The number of aryl methyl sites for hydroxylation is 1. The molecule has 1 heterocycles. The Morgan fingerprint density at radius 1 is 0.582 bits per heavy atom. The summed E-state index contributed by atoms with van der Waals surface area (Å²) in [6, 6.07) is 6.68. The van der Waals surface area contributed by atoms with Gasteiger partial charge in [0.2, 0.25) is 5.69 Å². The number of methoxy groups -OCH3 is 1. The lowest BCUT2D eigenvalue weighted by molar-refractivity contribution is -0.439. The van der Waals surface area contributed by atoms with Gasteiger partial charge < -0.3 is 57.2 Å². The van der Waals surface area contributed by atoms with E-state index in [4.69, 9.17) is 57.2 Å². The number of unbranched alkanes of at least 4 members (excludes halogenated alkanes) is 2. The van der Waals surface area contributed by atoms with E-state index in [2.05, 4.69) is 43.5 Å². The number of rotatable bonds is 39. The van der Waals surface area contributed by atoms with Crippen molar-refractivity contribution < 1.29 is 66.6 Å². The van der Waals surface area contributed by atoms with E-state index < -0.39 is 5.97 Å². The van der Waals surface area contributed by atoms with E-state index >= 15 is 0 Å². The highest BCUT2D eigenvalue weighted by molar-refractivity contribution is 5.93. The van der Waals surface area contributed by atoms with Crippen LogP contribution in [-0.2, 0) is 62.3 Å². The molecule has 1 aromatic carbocycles. The Hall–Kier alpha value is -2.08. The number of carbonyl (C=O) groups is 1. The first-order chi connectivity index (χ1) is 26.4. The minimum absolute atomic E-state index is 0. The number of benzene rings is 1. The van der Waals surface area contributed by atoms with Crippen LogP contribution in [0.5, 0.6) is 0 Å². The maximum atomic E-state index is 10.9. The second-order valence-electron chi connectivity index (χ2n) is 13.2. The fraction of sp³-hybridized carbons (Fsp3) is 0.805. The number of ether oxygens (including phenoxy) is 11. The van der Waals surface area contributed by atoms with Crippen molar-refractivity contribution in [1.29, 1.82) is 0 Å². The Kier molecular flexibility index (Phi) is 31.5. The maximum absolute atomic E-state index is 10.9. The van der Waals surface area contributed by atoms with Gasteiger partial charge in [0, 0.05) is 45.1 Å². The van der Waals surface area contributed by atoms with Gasteiger partial charge in [-0.1, -0.05) is 19.1 Å². The molecule has 320 valence electrons. The molecule has 1 atom stereocenters. The van der Waals surface area contributed by atoms with Crippen molar-refractivity contribution in [1.82, 2.24) is 0 Å². The summed E-state index contributed by atoms with van der Waals surface area (Å²) in [6.07, 6.45) is 3.70. The minimum atomic E-state index is -0.725. The van der Waals surface area contributed by atoms with Crippen molar-refractivity contribution in [2.75, 3.05) is 152 Å². The van der Waals surface area contributed by atoms with Crippen LogP contribution < -0.4 is 0 Å². The number of nitrogens with zero attached hydrogens (tertiary/aromatic N) is 1. The summed E-state index contributed by atoms with van der Waals surface area (Å²) < 4.78 is 62.8. The Balaban J connectivity index is 0.0000151. The lowest BCUT2D eigenvalue weighted by Gasteiger charge is -2.22. The van der Waals surface area contributed by atoms with Gasteiger partial charge in [-0.15, -0.1) is 0 Å². The van der Waals surface area contributed by atoms with Crippen molar-refractivity contribution in [2.24, 2.45) is 0 Å². The van der Waals surface area contributed by atoms with Gasteiger partial charge in [-0.2, -0.15) is 4.58 Å². The largest absolute Gasteiger partial charge is 0.481 e. The molecule has 0 bridgehead atoms. The summed E-state index contributed by atoms with van der Waals surface area (Å²) in [5.74, 6) is -0.725. The van der Waals surface area contributed by atoms with Crippen molar-refractivity contribution in [3.05, 3.63) is 29.3 Å². The molecule has 0 aromatic heterocycles. The van der Waals surface area contributed by atoms with Gasteiger partial charge in [0.05, 0.1) is 138 Å². The Morgan fingerprint density at radius 3 is 1.35 bits per heavy atom. The predicted octanol–water partition coefficient (Wildman–Crippen LogP) is 4.85. The van der Waals surface area contributed by atoms with Crippen molar-refractivity contribution in [2.45, 2.75) is 65.7 Å². The molecule has 0 fully saturated rings. The molecule has 1 unspecified atom stereocenters. The van der Waals surface area contributed by atoms with Crippen molar-refractivity contribution >= 4 is 17.4 Å². The van der Waals surface area contributed by atoms with Crippen LogP contribution in [0, 0.1) is 6.92 Å². The first-order valence-corrected chi connectivity index (χ1v) is 19.6. The van der Waals surface area contributed by atoms with Crippen LogP contribution in [-0.4, -0.2) is 174 Å². The summed E-state index contributed by atoms with van der Waals surface area (Å²) in [6.45, 7) is 18.6. The monoisotopic (exact) mass is 789 g/mol. The summed E-state index contributed by atoms with van der Waals surface area (Å²) in [5, 5.41) is 8.93. The van der Waals surface area contributed by atoms with Gasteiger partial charge in [0.1, 0.15) is 6.54 Å². The van der Waals surface area contributed by atoms with E-state index in [1.165, 1.54) is 22.5 Å². The van der Waals surface area contributed by atoms with E-state index in [0.717, 1.165) is 25.8 Å². The highest BCUT2D eigenvalue weighted by Crippen LogP contribution is 2.42. The van der Waals surface area contributed by atoms with Crippen LogP contribution in [0.1, 0.15) is 64.5 Å². The quantitative estimate of drug-likeness (QED) is 0.0719. The lowest BCUT2D eigenvalue weighted by atomic mass is 9.77. The number of fused-ring (bicyclic) bond motifs is 1. The van der Waals surface area contributed by atoms with Crippen LogP contribution in [0.15, 0.2) is 18.2 Å². The highest BCUT2D eigenvalue weighted by Gasteiger charge is 2.46. The summed E-state index contributed by atoms with van der Waals surface area (Å²) in [7, 11) is 1.65. The molecular weight excluding hydrogens is 714 g/mol. The highest BCUT2D eigenvalue weighted by atomic mass is 16.6. The molecular formula is C41H74NO13+. The Labute approximate surface area is 331 Å². The number of hydrogen-bond acceptors (Lipinski definition) is 12. The molecule has 55 heavy (non-hydrogen) atoms. The van der Waals surface area contributed by atoms with E-state index in [1.807, 2.05) is 0 Å². The smallest absolute Gasteiger partial charge is 0.303 e. The fourth-order valence-corrected chi connectivity index (χ4v) is 5.83. The standard InChI is InChI=1S/C40H69NO13.CH4/c1-35-9-10-38-37(34-35)40(3,36(2)41(38)12-7-5-6-8-39(42)43)11-13-45-16-17-47-20-21-49-24-25-51-28-29-53-32-33-54-31-30-52-27-26-50-23-22-48-19-18-46-15-14-44-4;/h9-10,34H,5-8,11-33H2,1-4H3;1H4/p+1. The minimum Gasteiger partial charge on any atom is -0.481 e. The van der Waals surface area contributed by atoms with E-state index in [0.29, 0.717) is 145 Å². The second kappa shape index (κ2) is 34.0. The predicted molar refractivity (Wildman–Crippen MR) is 212 cm³/mol. The molecule has 1 aromatic rings. The molecule has 0 aliphatic carbocycles. The van der Waals surface area contributed by atoms with Crippen LogP contribution in [0.3, 0.4) is 0 Å².